The van der Waals surface area contributed by atoms with Crippen LogP contribution in [-0.2, 0) is 24.2 Å². The summed E-state index contributed by atoms with van der Waals surface area (Å²) >= 11 is 0. The molecule has 31 heavy (non-hydrogen) atoms. The quantitative estimate of drug-likeness (QED) is 0.375. The number of aromatic nitrogens is 1. The van der Waals surface area contributed by atoms with E-state index in [4.69, 9.17) is 20.0 Å². The lowest BCUT2D eigenvalue weighted by Crippen LogP contribution is -2.21. The first-order valence-electron chi connectivity index (χ1n) is 9.81. The van der Waals surface area contributed by atoms with E-state index in [1.165, 1.54) is 0 Å². The maximum Gasteiger partial charge on any atom is 0.307 e. The van der Waals surface area contributed by atoms with Gasteiger partial charge in [0.1, 0.15) is 24.2 Å². The summed E-state index contributed by atoms with van der Waals surface area (Å²) < 4.78 is 11.7. The second-order valence-electron chi connectivity index (χ2n) is 7.26. The summed E-state index contributed by atoms with van der Waals surface area (Å²) in [6.07, 6.45) is 2.48. The highest BCUT2D eigenvalue weighted by atomic mass is 16.5. The van der Waals surface area contributed by atoms with Crippen LogP contribution >= 0.6 is 0 Å². The fraction of sp³-hybridized carbons (Fsp3) is 0.167. The number of aliphatic hydroxyl groups excluding tert-OH is 1. The Morgan fingerprint density at radius 1 is 1.16 bits per heavy atom. The summed E-state index contributed by atoms with van der Waals surface area (Å²) in [6, 6.07) is 16.7. The Bertz CT molecular complexity index is 1220. The Morgan fingerprint density at radius 2 is 2.00 bits per heavy atom. The molecule has 0 fully saturated rings. The third-order valence-electron chi connectivity index (χ3n) is 4.87. The molecule has 2 heterocycles. The fourth-order valence-corrected chi connectivity index (χ4v) is 3.53. The molecule has 0 saturated carbocycles. The Morgan fingerprint density at radius 3 is 2.81 bits per heavy atom. The number of carboxylic acids is 1. The van der Waals surface area contributed by atoms with E-state index < -0.39 is 12.2 Å². The zero-order valence-corrected chi connectivity index (χ0v) is 16.7. The number of nitrogens with zero attached hydrogens (tertiary/aromatic N) is 1. The third kappa shape index (κ3) is 4.91. The Balaban J connectivity index is 1.65. The highest BCUT2D eigenvalue weighted by Crippen LogP contribution is 2.32. The highest BCUT2D eigenvalue weighted by Gasteiger charge is 2.13. The summed E-state index contributed by atoms with van der Waals surface area (Å²) in [5.41, 5.74) is 10.2. The summed E-state index contributed by atoms with van der Waals surface area (Å²) in [5.74, 6) is -0.365. The molecule has 0 spiro atoms. The van der Waals surface area contributed by atoms with Crippen molar-refractivity contribution < 1.29 is 24.2 Å². The monoisotopic (exact) mass is 418 g/mol. The first-order valence-corrected chi connectivity index (χ1v) is 9.81. The molecule has 1 atom stereocenters. The summed E-state index contributed by atoms with van der Waals surface area (Å²) in [6.45, 7) is 0.268. The van der Waals surface area contributed by atoms with Gasteiger partial charge in [-0.1, -0.05) is 18.2 Å². The van der Waals surface area contributed by atoms with E-state index in [0.717, 1.165) is 27.7 Å². The minimum Gasteiger partial charge on any atom is -0.489 e. The standard InChI is InChI=1S/C24H22N2O5/c25-22(27)13-19-11-16(5-7-26-19)20-10-15(9-18-6-8-30-24(18)20)14-31-21-4-2-1-3-17(21)12-23(28)29/h1-11,22,27H,12-14,25H2,(H,28,29)/t22-/m0/s1. The molecule has 0 saturated heterocycles. The number of hydrogen-bond acceptors (Lipinski definition) is 6. The number of para-hydroxylation sites is 1. The molecule has 2 aromatic carbocycles. The van der Waals surface area contributed by atoms with Crippen LogP contribution in [0.15, 0.2) is 71.5 Å². The third-order valence-corrected chi connectivity index (χ3v) is 4.87. The van der Waals surface area contributed by atoms with E-state index in [-0.39, 0.29) is 19.4 Å². The Labute approximate surface area is 178 Å². The van der Waals surface area contributed by atoms with Gasteiger partial charge in [-0.3, -0.25) is 9.78 Å². The number of rotatable bonds is 8. The van der Waals surface area contributed by atoms with Gasteiger partial charge >= 0.3 is 5.97 Å². The van der Waals surface area contributed by atoms with Crippen LogP contribution in [0.25, 0.3) is 22.1 Å². The van der Waals surface area contributed by atoms with Gasteiger partial charge < -0.3 is 25.1 Å². The number of benzene rings is 2. The molecule has 2 aromatic heterocycles. The predicted octanol–water partition coefficient (Wildman–Crippen LogP) is 3.52. The van der Waals surface area contributed by atoms with Crippen molar-refractivity contribution in [3.63, 3.8) is 0 Å². The van der Waals surface area contributed by atoms with Gasteiger partial charge in [0.05, 0.1) is 12.7 Å². The molecule has 7 heteroatoms. The number of pyridine rings is 1. The molecule has 0 bridgehead atoms. The van der Waals surface area contributed by atoms with E-state index in [9.17, 15) is 9.90 Å². The second kappa shape index (κ2) is 8.99. The van der Waals surface area contributed by atoms with Crippen molar-refractivity contribution in [1.82, 2.24) is 4.98 Å². The van der Waals surface area contributed by atoms with Crippen molar-refractivity contribution in [2.45, 2.75) is 25.7 Å². The van der Waals surface area contributed by atoms with Crippen molar-refractivity contribution in [2.24, 2.45) is 5.73 Å². The number of aliphatic carboxylic acids is 1. The molecule has 158 valence electrons. The van der Waals surface area contributed by atoms with Gasteiger partial charge in [-0.2, -0.15) is 0 Å². The van der Waals surface area contributed by atoms with Crippen molar-refractivity contribution >= 4 is 16.9 Å². The van der Waals surface area contributed by atoms with Gasteiger partial charge in [0.15, 0.2) is 0 Å². The first kappa shape index (κ1) is 20.6. The number of furan rings is 1. The molecule has 0 aliphatic heterocycles. The number of aliphatic hydroxyl groups is 1. The molecule has 4 aromatic rings. The molecule has 0 amide bonds. The van der Waals surface area contributed by atoms with Crippen molar-refractivity contribution in [1.29, 1.82) is 0 Å². The average molecular weight is 418 g/mol. The molecule has 4 N–H and O–H groups in total. The number of carbonyl (C=O) groups is 1. The van der Waals surface area contributed by atoms with Gasteiger partial charge in [0.2, 0.25) is 0 Å². The normalized spacial score (nSPS) is 12.1. The fourth-order valence-electron chi connectivity index (χ4n) is 3.53. The lowest BCUT2D eigenvalue weighted by atomic mass is 10.00. The molecule has 0 unspecified atom stereocenters. The van der Waals surface area contributed by atoms with Crippen LogP contribution < -0.4 is 10.5 Å². The first-order chi connectivity index (χ1) is 15.0. The number of hydrogen-bond donors (Lipinski definition) is 3. The number of fused-ring (bicyclic) bond motifs is 1. The van der Waals surface area contributed by atoms with Crippen LogP contribution in [0.5, 0.6) is 5.75 Å². The number of carboxylic acid groups (broad SMARTS) is 1. The lowest BCUT2D eigenvalue weighted by molar-refractivity contribution is -0.136. The SMILES string of the molecule is N[C@@H](O)Cc1cc(-c2cc(COc3ccccc3CC(=O)O)cc3ccoc23)ccn1. The van der Waals surface area contributed by atoms with Gasteiger partial charge in [-0.15, -0.1) is 0 Å². The minimum atomic E-state index is -0.975. The predicted molar refractivity (Wildman–Crippen MR) is 115 cm³/mol. The molecule has 0 aliphatic rings. The minimum absolute atomic E-state index is 0.102. The zero-order valence-electron chi connectivity index (χ0n) is 16.7. The molecule has 0 aliphatic carbocycles. The number of nitrogens with two attached hydrogens (primary N) is 1. The van der Waals surface area contributed by atoms with Gasteiger partial charge in [-0.25, -0.2) is 0 Å². The van der Waals surface area contributed by atoms with E-state index in [1.54, 1.807) is 30.7 Å². The van der Waals surface area contributed by atoms with Crippen LogP contribution in [0, 0.1) is 0 Å². The zero-order chi connectivity index (χ0) is 21.8. The average Bonchev–Trinajstić information content (AvgIpc) is 3.20. The number of ether oxygens (including phenoxy) is 1. The Hall–Kier alpha value is -3.68. The van der Waals surface area contributed by atoms with Gasteiger partial charge in [-0.05, 0) is 47.5 Å². The molecule has 4 rings (SSSR count). The van der Waals surface area contributed by atoms with Crippen LogP contribution in [0.4, 0.5) is 0 Å². The van der Waals surface area contributed by atoms with Crippen LogP contribution in [0.3, 0.4) is 0 Å². The van der Waals surface area contributed by atoms with Crippen molar-refractivity contribution in [3.8, 4) is 16.9 Å². The van der Waals surface area contributed by atoms with Gasteiger partial charge in [0.25, 0.3) is 0 Å². The van der Waals surface area contributed by atoms with E-state index in [2.05, 4.69) is 4.98 Å². The highest BCUT2D eigenvalue weighted by molar-refractivity contribution is 5.93. The molecule has 0 radical (unpaired) electrons. The summed E-state index contributed by atoms with van der Waals surface area (Å²) in [4.78, 5) is 15.4. The van der Waals surface area contributed by atoms with Crippen molar-refractivity contribution in [3.05, 3.63) is 83.9 Å². The Kier molecular flexibility index (Phi) is 5.97. The maximum absolute atomic E-state index is 11.1. The maximum atomic E-state index is 11.1. The van der Waals surface area contributed by atoms with Crippen LogP contribution in [-0.4, -0.2) is 27.4 Å². The lowest BCUT2D eigenvalue weighted by Gasteiger charge is -2.12. The second-order valence-corrected chi connectivity index (χ2v) is 7.26. The van der Waals surface area contributed by atoms with Gasteiger partial charge in [0, 0.05) is 34.8 Å². The summed E-state index contributed by atoms with van der Waals surface area (Å²) in [5, 5.41) is 19.5. The molecule has 7 nitrogen and oxygen atoms in total. The van der Waals surface area contributed by atoms with E-state index >= 15 is 0 Å². The molecular formula is C24H22N2O5. The summed E-state index contributed by atoms with van der Waals surface area (Å²) in [7, 11) is 0. The van der Waals surface area contributed by atoms with E-state index in [1.807, 2.05) is 36.4 Å². The smallest absolute Gasteiger partial charge is 0.307 e. The van der Waals surface area contributed by atoms with Crippen LogP contribution in [0.1, 0.15) is 16.8 Å². The van der Waals surface area contributed by atoms with Crippen LogP contribution in [0.2, 0.25) is 0 Å². The van der Waals surface area contributed by atoms with E-state index in [0.29, 0.717) is 17.0 Å². The molecular weight excluding hydrogens is 396 g/mol. The largest absolute Gasteiger partial charge is 0.489 e. The van der Waals surface area contributed by atoms with Crippen molar-refractivity contribution in [2.75, 3.05) is 0 Å². The topological polar surface area (TPSA) is 119 Å².